The van der Waals surface area contributed by atoms with E-state index < -0.39 is 0 Å². The molecule has 0 radical (unpaired) electrons. The van der Waals surface area contributed by atoms with Gasteiger partial charge in [0.15, 0.2) is 5.82 Å². The Morgan fingerprint density at radius 2 is 1.76 bits per heavy atom. The van der Waals surface area contributed by atoms with Gasteiger partial charge in [0.05, 0.1) is 18.1 Å². The highest BCUT2D eigenvalue weighted by molar-refractivity contribution is 5.61. The van der Waals surface area contributed by atoms with Gasteiger partial charge in [0, 0.05) is 18.0 Å². The third-order valence-electron chi connectivity index (χ3n) is 2.44. The van der Waals surface area contributed by atoms with E-state index in [1.807, 2.05) is 30.3 Å². The van der Waals surface area contributed by atoms with E-state index in [2.05, 4.69) is 19.9 Å². The van der Waals surface area contributed by atoms with Crippen molar-refractivity contribution in [1.82, 2.24) is 19.9 Å². The predicted molar refractivity (Wildman–Crippen MR) is 65.0 cm³/mol. The van der Waals surface area contributed by atoms with Crippen molar-refractivity contribution in [1.29, 1.82) is 0 Å². The maximum absolute atomic E-state index is 4.53. The van der Waals surface area contributed by atoms with E-state index in [0.717, 1.165) is 22.8 Å². The quantitative estimate of drug-likeness (QED) is 0.724. The molecule has 3 rings (SSSR count). The number of benzene rings is 1. The Morgan fingerprint density at radius 1 is 0.941 bits per heavy atom. The number of H-pyrrole nitrogens is 1. The van der Waals surface area contributed by atoms with Gasteiger partial charge in [-0.2, -0.15) is 0 Å². The third-order valence-corrected chi connectivity index (χ3v) is 2.44. The van der Waals surface area contributed by atoms with Crippen LogP contribution in [0.4, 0.5) is 0 Å². The second-order valence-corrected chi connectivity index (χ2v) is 3.59. The van der Waals surface area contributed by atoms with Crippen LogP contribution in [0.2, 0.25) is 0 Å². The van der Waals surface area contributed by atoms with Gasteiger partial charge in [0.25, 0.3) is 0 Å². The highest BCUT2D eigenvalue weighted by Crippen LogP contribution is 2.18. The average Bonchev–Trinajstić information content (AvgIpc) is 2.94. The van der Waals surface area contributed by atoms with Crippen molar-refractivity contribution in [2.45, 2.75) is 0 Å². The third kappa shape index (κ3) is 1.92. The molecule has 3 aromatic rings. The standard InChI is InChI=1S/C13H10N4/c1-2-4-10(5-3-1)11-8-14-9-12(17-11)13-15-6-7-16-13/h1-9H,(H,15,16). The van der Waals surface area contributed by atoms with Gasteiger partial charge in [-0.05, 0) is 0 Å². The van der Waals surface area contributed by atoms with E-state index in [-0.39, 0.29) is 0 Å². The normalized spacial score (nSPS) is 10.4. The molecule has 4 nitrogen and oxygen atoms in total. The minimum Gasteiger partial charge on any atom is -0.343 e. The molecule has 2 aromatic heterocycles. The molecule has 17 heavy (non-hydrogen) atoms. The lowest BCUT2D eigenvalue weighted by atomic mass is 10.1. The zero-order valence-electron chi connectivity index (χ0n) is 9.04. The number of imidazole rings is 1. The number of aromatic nitrogens is 4. The molecule has 1 aromatic carbocycles. The van der Waals surface area contributed by atoms with Crippen LogP contribution in [0.15, 0.2) is 55.1 Å². The summed E-state index contributed by atoms with van der Waals surface area (Å²) in [5.74, 6) is 0.732. The highest BCUT2D eigenvalue weighted by atomic mass is 14.9. The largest absolute Gasteiger partial charge is 0.343 e. The lowest BCUT2D eigenvalue weighted by molar-refractivity contribution is 1.16. The molecule has 0 unspecified atom stereocenters. The first kappa shape index (κ1) is 9.72. The summed E-state index contributed by atoms with van der Waals surface area (Å²) in [7, 11) is 0. The Balaban J connectivity index is 2.06. The van der Waals surface area contributed by atoms with Crippen LogP contribution in [0, 0.1) is 0 Å². The van der Waals surface area contributed by atoms with Gasteiger partial charge < -0.3 is 4.98 Å². The fraction of sp³-hybridized carbons (Fsp3) is 0. The maximum atomic E-state index is 4.53. The topological polar surface area (TPSA) is 54.5 Å². The SMILES string of the molecule is c1ccc(-c2cncc(-c3ncc[nH]3)n2)cc1. The Bertz CT molecular complexity index is 602. The molecular weight excluding hydrogens is 212 g/mol. The van der Waals surface area contributed by atoms with Gasteiger partial charge in [-0.3, -0.25) is 4.98 Å². The fourth-order valence-electron chi connectivity index (χ4n) is 1.63. The van der Waals surface area contributed by atoms with Crippen LogP contribution >= 0.6 is 0 Å². The first-order valence-electron chi connectivity index (χ1n) is 5.31. The van der Waals surface area contributed by atoms with E-state index in [4.69, 9.17) is 0 Å². The highest BCUT2D eigenvalue weighted by Gasteiger charge is 2.04. The molecule has 0 amide bonds. The van der Waals surface area contributed by atoms with Crippen molar-refractivity contribution in [3.8, 4) is 22.8 Å². The van der Waals surface area contributed by atoms with Crippen LogP contribution < -0.4 is 0 Å². The van der Waals surface area contributed by atoms with Crippen molar-refractivity contribution in [3.05, 3.63) is 55.1 Å². The Hall–Kier alpha value is -2.49. The first-order valence-corrected chi connectivity index (χ1v) is 5.31. The summed E-state index contributed by atoms with van der Waals surface area (Å²) < 4.78 is 0. The van der Waals surface area contributed by atoms with E-state index in [9.17, 15) is 0 Å². The van der Waals surface area contributed by atoms with Crippen LogP contribution in [0.3, 0.4) is 0 Å². The van der Waals surface area contributed by atoms with E-state index in [1.165, 1.54) is 0 Å². The molecule has 0 spiro atoms. The summed E-state index contributed by atoms with van der Waals surface area (Å²) in [5, 5.41) is 0. The second kappa shape index (κ2) is 4.17. The molecule has 0 aliphatic rings. The van der Waals surface area contributed by atoms with E-state index in [0.29, 0.717) is 0 Å². The van der Waals surface area contributed by atoms with Gasteiger partial charge in [0.1, 0.15) is 5.69 Å². The van der Waals surface area contributed by atoms with E-state index in [1.54, 1.807) is 24.8 Å². The second-order valence-electron chi connectivity index (χ2n) is 3.59. The van der Waals surface area contributed by atoms with Gasteiger partial charge in [-0.1, -0.05) is 30.3 Å². The van der Waals surface area contributed by atoms with E-state index >= 15 is 0 Å². The minimum atomic E-state index is 0.732. The molecule has 82 valence electrons. The Morgan fingerprint density at radius 3 is 2.53 bits per heavy atom. The molecule has 1 N–H and O–H groups in total. The number of rotatable bonds is 2. The van der Waals surface area contributed by atoms with Crippen LogP contribution in [-0.2, 0) is 0 Å². The van der Waals surface area contributed by atoms with Crippen LogP contribution in [-0.4, -0.2) is 19.9 Å². The lowest BCUT2D eigenvalue weighted by Gasteiger charge is -2.01. The zero-order valence-corrected chi connectivity index (χ0v) is 9.04. The summed E-state index contributed by atoms with van der Waals surface area (Å²) >= 11 is 0. The summed E-state index contributed by atoms with van der Waals surface area (Å²) in [5.41, 5.74) is 2.64. The summed E-state index contributed by atoms with van der Waals surface area (Å²) in [4.78, 5) is 15.9. The molecule has 0 aliphatic heterocycles. The van der Waals surface area contributed by atoms with Gasteiger partial charge >= 0.3 is 0 Å². The number of hydrogen-bond acceptors (Lipinski definition) is 3. The predicted octanol–water partition coefficient (Wildman–Crippen LogP) is 2.53. The zero-order chi connectivity index (χ0) is 11.5. The van der Waals surface area contributed by atoms with Crippen molar-refractivity contribution in [2.24, 2.45) is 0 Å². The number of hydrogen-bond donors (Lipinski definition) is 1. The minimum absolute atomic E-state index is 0.732. The van der Waals surface area contributed by atoms with Crippen LogP contribution in [0.1, 0.15) is 0 Å². The summed E-state index contributed by atoms with van der Waals surface area (Å²) in [6.07, 6.45) is 6.92. The summed E-state index contributed by atoms with van der Waals surface area (Å²) in [6, 6.07) is 9.96. The number of nitrogens with zero attached hydrogens (tertiary/aromatic N) is 3. The maximum Gasteiger partial charge on any atom is 0.157 e. The molecule has 0 saturated carbocycles. The number of aromatic amines is 1. The monoisotopic (exact) mass is 222 g/mol. The average molecular weight is 222 g/mol. The Labute approximate surface area is 98.4 Å². The van der Waals surface area contributed by atoms with Crippen molar-refractivity contribution < 1.29 is 0 Å². The van der Waals surface area contributed by atoms with Crippen LogP contribution in [0.5, 0.6) is 0 Å². The molecule has 2 heterocycles. The fourth-order valence-corrected chi connectivity index (χ4v) is 1.63. The lowest BCUT2D eigenvalue weighted by Crippen LogP contribution is -1.91. The van der Waals surface area contributed by atoms with Gasteiger partial charge in [-0.25, -0.2) is 9.97 Å². The molecule has 0 bridgehead atoms. The van der Waals surface area contributed by atoms with Crippen molar-refractivity contribution in [3.63, 3.8) is 0 Å². The number of nitrogens with one attached hydrogen (secondary N) is 1. The molecule has 4 heteroatoms. The smallest absolute Gasteiger partial charge is 0.157 e. The molecule has 0 fully saturated rings. The molecule has 0 aliphatic carbocycles. The van der Waals surface area contributed by atoms with Crippen LogP contribution in [0.25, 0.3) is 22.8 Å². The molecule has 0 atom stereocenters. The Kier molecular flexibility index (Phi) is 2.38. The summed E-state index contributed by atoms with van der Waals surface area (Å²) in [6.45, 7) is 0. The van der Waals surface area contributed by atoms with Gasteiger partial charge in [0.2, 0.25) is 0 Å². The van der Waals surface area contributed by atoms with Gasteiger partial charge in [-0.15, -0.1) is 0 Å². The van der Waals surface area contributed by atoms with Crippen molar-refractivity contribution >= 4 is 0 Å². The van der Waals surface area contributed by atoms with Crippen molar-refractivity contribution in [2.75, 3.05) is 0 Å². The molecular formula is C13H10N4. The first-order chi connectivity index (χ1) is 8.43. The molecule has 0 saturated heterocycles.